The van der Waals surface area contributed by atoms with E-state index in [1.807, 2.05) is 7.05 Å². The number of aliphatic imine (C=N–C) groups is 1. The fourth-order valence-electron chi connectivity index (χ4n) is 3.81. The van der Waals surface area contributed by atoms with Crippen LogP contribution in [0.4, 0.5) is 0 Å². The Morgan fingerprint density at radius 2 is 2.00 bits per heavy atom. The number of ether oxygens (including phenoxy) is 2. The van der Waals surface area contributed by atoms with E-state index in [1.165, 1.54) is 44.9 Å². The van der Waals surface area contributed by atoms with E-state index in [0.717, 1.165) is 57.7 Å². The zero-order valence-electron chi connectivity index (χ0n) is 16.8. The molecule has 0 aromatic heterocycles. The van der Waals surface area contributed by atoms with Gasteiger partial charge in [-0.25, -0.2) is 0 Å². The van der Waals surface area contributed by atoms with Crippen LogP contribution in [0.25, 0.3) is 0 Å². The molecule has 1 saturated heterocycles. The monoisotopic (exact) mass is 481 g/mol. The van der Waals surface area contributed by atoms with Gasteiger partial charge in [-0.3, -0.25) is 4.99 Å². The van der Waals surface area contributed by atoms with Crippen LogP contribution in [0, 0.1) is 11.8 Å². The van der Waals surface area contributed by atoms with Crippen molar-refractivity contribution in [2.24, 2.45) is 16.8 Å². The quantitative estimate of drug-likeness (QED) is 0.215. The Hall–Kier alpha value is -0.0800. The van der Waals surface area contributed by atoms with Crippen LogP contribution >= 0.6 is 24.0 Å². The first-order chi connectivity index (χ1) is 12.3. The first-order valence-electron chi connectivity index (χ1n) is 10.4. The molecule has 0 spiro atoms. The first-order valence-corrected chi connectivity index (χ1v) is 10.4. The summed E-state index contributed by atoms with van der Waals surface area (Å²) in [6.45, 7) is 6.58. The van der Waals surface area contributed by atoms with Crippen molar-refractivity contribution >= 4 is 29.9 Å². The second-order valence-corrected chi connectivity index (χ2v) is 7.78. The van der Waals surface area contributed by atoms with Gasteiger partial charge in [-0.1, -0.05) is 32.1 Å². The predicted octanol–water partition coefficient (Wildman–Crippen LogP) is 3.96. The van der Waals surface area contributed by atoms with E-state index in [4.69, 9.17) is 9.47 Å². The number of hydrogen-bond acceptors (Lipinski definition) is 3. The van der Waals surface area contributed by atoms with Gasteiger partial charge in [-0.2, -0.15) is 0 Å². The van der Waals surface area contributed by atoms with Crippen LogP contribution in [-0.4, -0.2) is 52.0 Å². The Labute approximate surface area is 177 Å². The van der Waals surface area contributed by atoms with Crippen molar-refractivity contribution in [1.82, 2.24) is 10.6 Å². The Morgan fingerprint density at radius 1 is 1.19 bits per heavy atom. The number of rotatable bonds is 10. The molecule has 0 aromatic rings. The van der Waals surface area contributed by atoms with Gasteiger partial charge >= 0.3 is 0 Å². The summed E-state index contributed by atoms with van der Waals surface area (Å²) in [5.41, 5.74) is 0. The molecule has 0 radical (unpaired) electrons. The molecule has 0 aromatic carbocycles. The second kappa shape index (κ2) is 14.9. The molecule has 1 heterocycles. The fraction of sp³-hybridized carbons (Fsp3) is 0.950. The molecule has 1 saturated carbocycles. The third-order valence-corrected chi connectivity index (χ3v) is 5.47. The van der Waals surface area contributed by atoms with Gasteiger partial charge in [0.1, 0.15) is 0 Å². The van der Waals surface area contributed by atoms with Crippen molar-refractivity contribution in [3.05, 3.63) is 0 Å². The lowest BCUT2D eigenvalue weighted by molar-refractivity contribution is 0.0888. The third-order valence-electron chi connectivity index (χ3n) is 5.47. The molecule has 6 heteroatoms. The van der Waals surface area contributed by atoms with Gasteiger partial charge in [-0.05, 0) is 38.5 Å². The lowest BCUT2D eigenvalue weighted by Gasteiger charge is -2.24. The van der Waals surface area contributed by atoms with Crippen molar-refractivity contribution in [3.8, 4) is 0 Å². The normalized spacial score (nSPS) is 22.7. The average Bonchev–Trinajstić information content (AvgIpc) is 3.16. The first kappa shape index (κ1) is 24.0. The van der Waals surface area contributed by atoms with Crippen LogP contribution in [0.2, 0.25) is 0 Å². The number of guanidine groups is 1. The Bertz CT molecular complexity index is 370. The molecule has 5 nitrogen and oxygen atoms in total. The molecular formula is C20H40IN3O2. The van der Waals surface area contributed by atoms with E-state index in [2.05, 4.69) is 22.5 Å². The molecule has 1 aliphatic carbocycles. The minimum Gasteiger partial charge on any atom is -0.381 e. The van der Waals surface area contributed by atoms with Crippen LogP contribution < -0.4 is 10.6 Å². The van der Waals surface area contributed by atoms with Gasteiger partial charge in [0.25, 0.3) is 0 Å². The molecule has 1 aliphatic heterocycles. The molecule has 2 fully saturated rings. The number of hydrogen-bond donors (Lipinski definition) is 2. The largest absolute Gasteiger partial charge is 0.381 e. The molecule has 26 heavy (non-hydrogen) atoms. The van der Waals surface area contributed by atoms with E-state index < -0.39 is 0 Å². The van der Waals surface area contributed by atoms with E-state index in [1.54, 1.807) is 0 Å². The van der Waals surface area contributed by atoms with Gasteiger partial charge in [-0.15, -0.1) is 24.0 Å². The predicted molar refractivity (Wildman–Crippen MR) is 120 cm³/mol. The Balaban J connectivity index is 0.00000338. The van der Waals surface area contributed by atoms with Gasteiger partial charge in [0.15, 0.2) is 5.96 Å². The Morgan fingerprint density at radius 3 is 2.69 bits per heavy atom. The summed E-state index contributed by atoms with van der Waals surface area (Å²) >= 11 is 0. The fourth-order valence-corrected chi connectivity index (χ4v) is 3.81. The Kier molecular flexibility index (Phi) is 13.7. The molecule has 2 rings (SSSR count). The SMILES string of the molecule is CN=C(NCCCOCC1CCOC1)NC(C)CCC1CCCCC1.I. The van der Waals surface area contributed by atoms with Crippen molar-refractivity contribution in [3.63, 3.8) is 0 Å². The van der Waals surface area contributed by atoms with Gasteiger partial charge in [0.2, 0.25) is 0 Å². The molecule has 2 N–H and O–H groups in total. The summed E-state index contributed by atoms with van der Waals surface area (Å²) in [4.78, 5) is 4.34. The van der Waals surface area contributed by atoms with Crippen LogP contribution in [0.15, 0.2) is 4.99 Å². The third kappa shape index (κ3) is 10.3. The molecule has 2 aliphatic rings. The van der Waals surface area contributed by atoms with Crippen molar-refractivity contribution in [2.45, 2.75) is 70.8 Å². The minimum absolute atomic E-state index is 0. The summed E-state index contributed by atoms with van der Waals surface area (Å²) in [5, 5.41) is 6.92. The zero-order valence-corrected chi connectivity index (χ0v) is 19.1. The lowest BCUT2D eigenvalue weighted by atomic mass is 9.85. The van der Waals surface area contributed by atoms with E-state index in [-0.39, 0.29) is 24.0 Å². The van der Waals surface area contributed by atoms with Crippen LogP contribution in [0.5, 0.6) is 0 Å². The standard InChI is InChI=1S/C20H39N3O2.HI/c1-17(9-10-18-7-4-3-5-8-18)23-20(21-2)22-12-6-13-24-15-19-11-14-25-16-19;/h17-19H,3-16H2,1-2H3,(H2,21,22,23);1H. The maximum atomic E-state index is 5.74. The van der Waals surface area contributed by atoms with E-state index in [0.29, 0.717) is 12.0 Å². The van der Waals surface area contributed by atoms with E-state index >= 15 is 0 Å². The molecule has 2 atom stereocenters. The second-order valence-electron chi connectivity index (χ2n) is 7.78. The van der Waals surface area contributed by atoms with E-state index in [9.17, 15) is 0 Å². The minimum atomic E-state index is 0. The molecule has 2 unspecified atom stereocenters. The molecule has 154 valence electrons. The lowest BCUT2D eigenvalue weighted by Crippen LogP contribution is -2.42. The van der Waals surface area contributed by atoms with Gasteiger partial charge in [0, 0.05) is 38.8 Å². The highest BCUT2D eigenvalue weighted by molar-refractivity contribution is 14.0. The van der Waals surface area contributed by atoms with Gasteiger partial charge < -0.3 is 20.1 Å². The van der Waals surface area contributed by atoms with Gasteiger partial charge in [0.05, 0.1) is 13.2 Å². The molecule has 0 amide bonds. The average molecular weight is 481 g/mol. The van der Waals surface area contributed by atoms with Crippen LogP contribution in [0.1, 0.15) is 64.7 Å². The number of halogens is 1. The van der Waals surface area contributed by atoms with Crippen molar-refractivity contribution in [2.75, 3.05) is 40.0 Å². The summed E-state index contributed by atoms with van der Waals surface area (Å²) < 4.78 is 11.1. The highest BCUT2D eigenvalue weighted by Gasteiger charge is 2.16. The maximum Gasteiger partial charge on any atom is 0.191 e. The summed E-state index contributed by atoms with van der Waals surface area (Å²) in [7, 11) is 1.85. The van der Waals surface area contributed by atoms with Crippen LogP contribution in [-0.2, 0) is 9.47 Å². The van der Waals surface area contributed by atoms with Crippen molar-refractivity contribution < 1.29 is 9.47 Å². The molecular weight excluding hydrogens is 441 g/mol. The number of nitrogens with one attached hydrogen (secondary N) is 2. The maximum absolute atomic E-state index is 5.74. The highest BCUT2D eigenvalue weighted by Crippen LogP contribution is 2.27. The highest BCUT2D eigenvalue weighted by atomic mass is 127. The van der Waals surface area contributed by atoms with Crippen LogP contribution in [0.3, 0.4) is 0 Å². The summed E-state index contributed by atoms with van der Waals surface area (Å²) in [6.07, 6.45) is 11.9. The van der Waals surface area contributed by atoms with Crippen molar-refractivity contribution in [1.29, 1.82) is 0 Å². The zero-order chi connectivity index (χ0) is 17.7. The topological polar surface area (TPSA) is 54.9 Å². The summed E-state index contributed by atoms with van der Waals surface area (Å²) in [5.74, 6) is 2.48. The smallest absolute Gasteiger partial charge is 0.191 e. The number of nitrogens with zero attached hydrogens (tertiary/aromatic N) is 1. The molecule has 0 bridgehead atoms. The summed E-state index contributed by atoms with van der Waals surface area (Å²) in [6, 6.07) is 0.478.